The minimum absolute atomic E-state index is 0.582. The molecule has 1 aliphatic heterocycles. The molecule has 1 aliphatic rings. The fourth-order valence-corrected chi connectivity index (χ4v) is 1.47. The quantitative estimate of drug-likeness (QED) is 0.704. The van der Waals surface area contributed by atoms with Gasteiger partial charge in [-0.1, -0.05) is 27.7 Å². The molecule has 0 aromatic carbocycles. The summed E-state index contributed by atoms with van der Waals surface area (Å²) in [4.78, 5) is 4.72. The molecule has 1 heterocycles. The third-order valence-corrected chi connectivity index (χ3v) is 2.34. The first-order valence-corrected chi connectivity index (χ1v) is 6.11. The van der Waals surface area contributed by atoms with Gasteiger partial charge in [-0.05, 0) is 14.1 Å². The van der Waals surface area contributed by atoms with Crippen molar-refractivity contribution in [2.75, 3.05) is 47.4 Å². The third kappa shape index (κ3) is 7.77. The molecule has 0 bridgehead atoms. The molecule has 0 aromatic heterocycles. The Bertz CT molecular complexity index is 120. The zero-order valence-electron chi connectivity index (χ0n) is 11.7. The van der Waals surface area contributed by atoms with E-state index >= 15 is 0 Å². The van der Waals surface area contributed by atoms with Crippen molar-refractivity contribution >= 4 is 0 Å². The fourth-order valence-electron chi connectivity index (χ4n) is 1.47. The van der Waals surface area contributed by atoms with Gasteiger partial charge in [-0.15, -0.1) is 0 Å². The van der Waals surface area contributed by atoms with Gasteiger partial charge in [-0.2, -0.15) is 0 Å². The lowest BCUT2D eigenvalue weighted by molar-refractivity contribution is 0.0504. The fraction of sp³-hybridized carbons (Fsp3) is 1.00. The summed E-state index contributed by atoms with van der Waals surface area (Å²) in [6, 6.07) is 0.582. The lowest BCUT2D eigenvalue weighted by atomic mass is 10.2. The predicted molar refractivity (Wildman–Crippen MR) is 68.5 cm³/mol. The molecule has 0 saturated carbocycles. The molecule has 0 spiro atoms. The number of rotatable bonds is 2. The first kappa shape index (κ1) is 17.3. The van der Waals surface area contributed by atoms with E-state index in [2.05, 4.69) is 23.9 Å². The van der Waals surface area contributed by atoms with Crippen molar-refractivity contribution in [3.63, 3.8) is 0 Å². The van der Waals surface area contributed by atoms with E-state index in [0.717, 1.165) is 19.7 Å². The Hall–Kier alpha value is -0.120. The Balaban J connectivity index is 0. The molecule has 0 amide bonds. The summed E-state index contributed by atoms with van der Waals surface area (Å²) in [6.07, 6.45) is 0. The molecule has 1 atom stereocenters. The lowest BCUT2D eigenvalue weighted by Gasteiger charge is -2.37. The second-order valence-electron chi connectivity index (χ2n) is 3.35. The molecule has 1 unspecified atom stereocenters. The van der Waals surface area contributed by atoms with Crippen molar-refractivity contribution in [3.05, 3.63) is 0 Å². The Labute approximate surface area is 96.4 Å². The van der Waals surface area contributed by atoms with E-state index in [4.69, 9.17) is 4.74 Å². The molecule has 3 nitrogen and oxygen atoms in total. The number of hydrogen-bond acceptors (Lipinski definition) is 3. The van der Waals surface area contributed by atoms with Gasteiger partial charge >= 0.3 is 0 Å². The van der Waals surface area contributed by atoms with Gasteiger partial charge in [0, 0.05) is 32.8 Å². The number of methoxy groups -OCH3 is 1. The average molecular weight is 218 g/mol. The minimum atomic E-state index is 0.582. The SMILES string of the molecule is CC.CC.COCC1CN(C)CCN1C. The van der Waals surface area contributed by atoms with E-state index < -0.39 is 0 Å². The molecule has 94 valence electrons. The van der Waals surface area contributed by atoms with Gasteiger partial charge < -0.3 is 9.64 Å². The van der Waals surface area contributed by atoms with Crippen LogP contribution in [0.3, 0.4) is 0 Å². The van der Waals surface area contributed by atoms with Crippen LogP contribution in [-0.2, 0) is 4.74 Å². The molecule has 15 heavy (non-hydrogen) atoms. The standard InChI is InChI=1S/C8H18N2O.2C2H6/c1-9-4-5-10(2)8(6-9)7-11-3;2*1-2/h8H,4-7H2,1-3H3;2*1-2H3. The maximum atomic E-state index is 5.13. The summed E-state index contributed by atoms with van der Waals surface area (Å²) in [5.74, 6) is 0. The normalized spacial score (nSPS) is 22.2. The summed E-state index contributed by atoms with van der Waals surface area (Å²) in [7, 11) is 6.09. The summed E-state index contributed by atoms with van der Waals surface area (Å²) < 4.78 is 5.13. The van der Waals surface area contributed by atoms with Crippen LogP contribution < -0.4 is 0 Å². The van der Waals surface area contributed by atoms with Crippen molar-refractivity contribution < 1.29 is 4.74 Å². The highest BCUT2D eigenvalue weighted by Crippen LogP contribution is 2.05. The van der Waals surface area contributed by atoms with Crippen LogP contribution in [0.15, 0.2) is 0 Å². The number of likely N-dealkylation sites (N-methyl/N-ethyl adjacent to an activating group) is 2. The molecule has 1 rings (SSSR count). The zero-order chi connectivity index (χ0) is 12.3. The summed E-state index contributed by atoms with van der Waals surface area (Å²) in [5.41, 5.74) is 0. The minimum Gasteiger partial charge on any atom is -0.383 e. The molecule has 0 N–H and O–H groups in total. The molecular formula is C12H30N2O. The Morgan fingerprint density at radius 3 is 2.07 bits per heavy atom. The first-order chi connectivity index (χ1) is 7.24. The van der Waals surface area contributed by atoms with Crippen LogP contribution in [0, 0.1) is 0 Å². The molecule has 1 fully saturated rings. The second-order valence-corrected chi connectivity index (χ2v) is 3.35. The van der Waals surface area contributed by atoms with E-state index in [1.807, 2.05) is 27.7 Å². The average Bonchev–Trinajstić information content (AvgIpc) is 2.29. The van der Waals surface area contributed by atoms with Crippen molar-refractivity contribution in [1.82, 2.24) is 9.80 Å². The highest BCUT2D eigenvalue weighted by atomic mass is 16.5. The van der Waals surface area contributed by atoms with Crippen molar-refractivity contribution in [3.8, 4) is 0 Å². The monoisotopic (exact) mass is 218 g/mol. The van der Waals surface area contributed by atoms with Crippen LogP contribution in [0.4, 0.5) is 0 Å². The Morgan fingerprint density at radius 2 is 1.60 bits per heavy atom. The Kier molecular flexibility index (Phi) is 13.8. The van der Waals surface area contributed by atoms with Crippen LogP contribution in [0.25, 0.3) is 0 Å². The number of piperazine rings is 1. The molecule has 1 saturated heterocycles. The van der Waals surface area contributed by atoms with Crippen LogP contribution in [-0.4, -0.2) is 63.3 Å². The third-order valence-electron chi connectivity index (χ3n) is 2.34. The lowest BCUT2D eigenvalue weighted by Crippen LogP contribution is -2.51. The van der Waals surface area contributed by atoms with Crippen LogP contribution >= 0.6 is 0 Å². The van der Waals surface area contributed by atoms with Gasteiger partial charge in [0.05, 0.1) is 6.61 Å². The van der Waals surface area contributed by atoms with Gasteiger partial charge in [0.2, 0.25) is 0 Å². The molecule has 0 aliphatic carbocycles. The van der Waals surface area contributed by atoms with Gasteiger partial charge in [0.15, 0.2) is 0 Å². The smallest absolute Gasteiger partial charge is 0.0630 e. The highest BCUT2D eigenvalue weighted by Gasteiger charge is 2.21. The van der Waals surface area contributed by atoms with Crippen LogP contribution in [0.1, 0.15) is 27.7 Å². The molecule has 0 radical (unpaired) electrons. The van der Waals surface area contributed by atoms with E-state index in [-0.39, 0.29) is 0 Å². The van der Waals surface area contributed by atoms with E-state index in [0.29, 0.717) is 6.04 Å². The Morgan fingerprint density at radius 1 is 1.07 bits per heavy atom. The maximum absolute atomic E-state index is 5.13. The molecular weight excluding hydrogens is 188 g/mol. The van der Waals surface area contributed by atoms with Crippen molar-refractivity contribution in [1.29, 1.82) is 0 Å². The molecule has 3 heteroatoms. The summed E-state index contributed by atoms with van der Waals surface area (Å²) in [6.45, 7) is 12.3. The van der Waals surface area contributed by atoms with Gasteiger partial charge in [0.1, 0.15) is 0 Å². The zero-order valence-corrected chi connectivity index (χ0v) is 11.7. The van der Waals surface area contributed by atoms with E-state index in [1.54, 1.807) is 7.11 Å². The maximum Gasteiger partial charge on any atom is 0.0630 e. The second kappa shape index (κ2) is 12.0. The van der Waals surface area contributed by atoms with Crippen molar-refractivity contribution in [2.45, 2.75) is 33.7 Å². The summed E-state index contributed by atoms with van der Waals surface area (Å²) in [5, 5.41) is 0. The van der Waals surface area contributed by atoms with Gasteiger partial charge in [-0.25, -0.2) is 0 Å². The van der Waals surface area contributed by atoms with E-state index in [9.17, 15) is 0 Å². The number of ether oxygens (including phenoxy) is 1. The topological polar surface area (TPSA) is 15.7 Å². The molecule has 0 aromatic rings. The van der Waals surface area contributed by atoms with Crippen LogP contribution in [0.2, 0.25) is 0 Å². The van der Waals surface area contributed by atoms with Crippen molar-refractivity contribution in [2.24, 2.45) is 0 Å². The highest BCUT2D eigenvalue weighted by molar-refractivity contribution is 4.77. The van der Waals surface area contributed by atoms with Gasteiger partial charge in [0.25, 0.3) is 0 Å². The predicted octanol–water partition coefficient (Wildman–Crippen LogP) is 1.93. The number of hydrogen-bond donors (Lipinski definition) is 0. The van der Waals surface area contributed by atoms with E-state index in [1.165, 1.54) is 6.54 Å². The largest absolute Gasteiger partial charge is 0.383 e. The van der Waals surface area contributed by atoms with Crippen LogP contribution in [0.5, 0.6) is 0 Å². The summed E-state index contributed by atoms with van der Waals surface area (Å²) >= 11 is 0. The van der Waals surface area contributed by atoms with Gasteiger partial charge in [-0.3, -0.25) is 4.90 Å². The number of nitrogens with zero attached hydrogens (tertiary/aromatic N) is 2. The first-order valence-electron chi connectivity index (χ1n) is 6.11.